The number of carbonyl (C=O) groups is 1. The minimum absolute atomic E-state index is 0.0132. The van der Waals surface area contributed by atoms with Crippen LogP contribution in [-0.2, 0) is 17.5 Å². The van der Waals surface area contributed by atoms with Gasteiger partial charge in [0.25, 0.3) is 5.91 Å². The molecule has 3 rings (SSSR count). The van der Waals surface area contributed by atoms with Gasteiger partial charge in [-0.15, -0.1) is 0 Å². The molecule has 0 fully saturated rings. The van der Waals surface area contributed by atoms with Crippen LogP contribution in [0.1, 0.15) is 15.9 Å². The Morgan fingerprint density at radius 1 is 1.19 bits per heavy atom. The third kappa shape index (κ3) is 4.09. The van der Waals surface area contributed by atoms with E-state index in [9.17, 15) is 22.4 Å². The molecule has 0 spiro atoms. The summed E-state index contributed by atoms with van der Waals surface area (Å²) in [5.74, 6) is -1.16. The van der Waals surface area contributed by atoms with Gasteiger partial charge in [0.05, 0.1) is 22.4 Å². The quantitative estimate of drug-likeness (QED) is 0.617. The molecule has 0 radical (unpaired) electrons. The molecule has 0 saturated carbocycles. The van der Waals surface area contributed by atoms with E-state index in [-0.39, 0.29) is 23.5 Å². The van der Waals surface area contributed by atoms with E-state index in [4.69, 9.17) is 4.74 Å². The summed E-state index contributed by atoms with van der Waals surface area (Å²) >= 11 is 1.12. The summed E-state index contributed by atoms with van der Waals surface area (Å²) in [6.45, 7) is 0.554. The SMILES string of the molecule is COCCn1c(=NC(=O)c2ccc(C(F)(F)F)cc2)sc2cccc(F)c21. The van der Waals surface area contributed by atoms with E-state index in [2.05, 4.69) is 4.99 Å². The van der Waals surface area contributed by atoms with E-state index in [1.165, 1.54) is 17.7 Å². The second kappa shape index (κ2) is 7.61. The van der Waals surface area contributed by atoms with E-state index in [1.807, 2.05) is 0 Å². The molecule has 142 valence electrons. The number of nitrogens with zero attached hydrogens (tertiary/aromatic N) is 2. The van der Waals surface area contributed by atoms with Crippen LogP contribution in [0.2, 0.25) is 0 Å². The molecule has 1 aromatic heterocycles. The van der Waals surface area contributed by atoms with Crippen molar-refractivity contribution in [1.29, 1.82) is 0 Å². The van der Waals surface area contributed by atoms with E-state index in [0.717, 1.165) is 35.6 Å². The van der Waals surface area contributed by atoms with Gasteiger partial charge in [-0.2, -0.15) is 18.2 Å². The Labute approximate surface area is 155 Å². The number of fused-ring (bicyclic) bond motifs is 1. The Morgan fingerprint density at radius 3 is 2.52 bits per heavy atom. The smallest absolute Gasteiger partial charge is 0.383 e. The first kappa shape index (κ1) is 19.2. The molecule has 27 heavy (non-hydrogen) atoms. The summed E-state index contributed by atoms with van der Waals surface area (Å²) in [4.78, 5) is 16.6. The van der Waals surface area contributed by atoms with E-state index < -0.39 is 23.5 Å². The van der Waals surface area contributed by atoms with Crippen LogP contribution in [0.15, 0.2) is 47.5 Å². The highest BCUT2D eigenvalue weighted by Crippen LogP contribution is 2.29. The number of methoxy groups -OCH3 is 1. The molecule has 9 heteroatoms. The zero-order valence-electron chi connectivity index (χ0n) is 14.1. The number of para-hydroxylation sites is 1. The number of benzene rings is 2. The second-order valence-electron chi connectivity index (χ2n) is 5.61. The van der Waals surface area contributed by atoms with Gasteiger partial charge in [-0.1, -0.05) is 17.4 Å². The highest BCUT2D eigenvalue weighted by Gasteiger charge is 2.30. The lowest BCUT2D eigenvalue weighted by atomic mass is 10.1. The largest absolute Gasteiger partial charge is 0.416 e. The predicted molar refractivity (Wildman–Crippen MR) is 93.0 cm³/mol. The van der Waals surface area contributed by atoms with Crippen LogP contribution in [0.4, 0.5) is 17.6 Å². The summed E-state index contributed by atoms with van der Waals surface area (Å²) in [5, 5.41) is 0. The summed E-state index contributed by atoms with van der Waals surface area (Å²) in [7, 11) is 1.50. The zero-order chi connectivity index (χ0) is 19.6. The van der Waals surface area contributed by atoms with E-state index in [1.54, 1.807) is 12.1 Å². The summed E-state index contributed by atoms with van der Waals surface area (Å²) < 4.78 is 59.3. The van der Waals surface area contributed by atoms with Crippen molar-refractivity contribution in [2.45, 2.75) is 12.7 Å². The third-order valence-corrected chi connectivity index (χ3v) is 4.87. The van der Waals surface area contributed by atoms with Crippen molar-refractivity contribution in [3.8, 4) is 0 Å². The van der Waals surface area contributed by atoms with Crippen molar-refractivity contribution in [3.05, 3.63) is 64.2 Å². The number of amides is 1. The van der Waals surface area contributed by atoms with Gasteiger partial charge in [-0.25, -0.2) is 4.39 Å². The lowest BCUT2D eigenvalue weighted by molar-refractivity contribution is -0.137. The first-order valence-electron chi connectivity index (χ1n) is 7.84. The van der Waals surface area contributed by atoms with Crippen molar-refractivity contribution >= 4 is 27.5 Å². The highest BCUT2D eigenvalue weighted by molar-refractivity contribution is 7.16. The number of carbonyl (C=O) groups excluding carboxylic acids is 1. The van der Waals surface area contributed by atoms with Gasteiger partial charge in [0, 0.05) is 19.2 Å². The lowest BCUT2D eigenvalue weighted by Crippen LogP contribution is -2.20. The van der Waals surface area contributed by atoms with Crippen LogP contribution in [-0.4, -0.2) is 24.2 Å². The Morgan fingerprint density at radius 2 is 1.89 bits per heavy atom. The maximum absolute atomic E-state index is 14.2. The summed E-state index contributed by atoms with van der Waals surface area (Å²) in [6, 6.07) is 8.35. The van der Waals surface area contributed by atoms with Gasteiger partial charge >= 0.3 is 6.18 Å². The van der Waals surface area contributed by atoms with Crippen LogP contribution in [0.5, 0.6) is 0 Å². The van der Waals surface area contributed by atoms with Crippen LogP contribution in [0, 0.1) is 5.82 Å². The van der Waals surface area contributed by atoms with Crippen molar-refractivity contribution in [2.75, 3.05) is 13.7 Å². The molecule has 0 aliphatic rings. The molecular weight excluding hydrogens is 384 g/mol. The molecule has 0 saturated heterocycles. The second-order valence-corrected chi connectivity index (χ2v) is 6.62. The number of thiazole rings is 1. The van der Waals surface area contributed by atoms with Crippen molar-refractivity contribution in [2.24, 2.45) is 4.99 Å². The molecule has 0 aliphatic heterocycles. The van der Waals surface area contributed by atoms with Crippen LogP contribution in [0.3, 0.4) is 0 Å². The van der Waals surface area contributed by atoms with Gasteiger partial charge in [0.2, 0.25) is 0 Å². The molecule has 4 nitrogen and oxygen atoms in total. The highest BCUT2D eigenvalue weighted by atomic mass is 32.1. The van der Waals surface area contributed by atoms with Gasteiger partial charge < -0.3 is 9.30 Å². The maximum atomic E-state index is 14.2. The molecule has 0 unspecified atom stereocenters. The number of alkyl halides is 3. The number of hydrogen-bond donors (Lipinski definition) is 0. The van der Waals surface area contributed by atoms with Crippen LogP contribution >= 0.6 is 11.3 Å². The van der Waals surface area contributed by atoms with Crippen molar-refractivity contribution in [3.63, 3.8) is 0 Å². The van der Waals surface area contributed by atoms with Gasteiger partial charge in [-0.3, -0.25) is 4.79 Å². The normalized spacial score (nSPS) is 12.7. The van der Waals surface area contributed by atoms with Gasteiger partial charge in [0.15, 0.2) is 4.80 Å². The topological polar surface area (TPSA) is 43.6 Å². The predicted octanol–water partition coefficient (Wildman–Crippen LogP) is 4.25. The van der Waals surface area contributed by atoms with E-state index in [0.29, 0.717) is 10.2 Å². The molecule has 2 aromatic carbocycles. The third-order valence-electron chi connectivity index (χ3n) is 3.83. The van der Waals surface area contributed by atoms with Crippen LogP contribution in [0.25, 0.3) is 10.2 Å². The zero-order valence-corrected chi connectivity index (χ0v) is 14.9. The Kier molecular flexibility index (Phi) is 5.43. The fraction of sp³-hybridized carbons (Fsp3) is 0.222. The molecule has 3 aromatic rings. The lowest BCUT2D eigenvalue weighted by Gasteiger charge is -2.06. The minimum Gasteiger partial charge on any atom is -0.383 e. The van der Waals surface area contributed by atoms with Crippen molar-refractivity contribution < 1.29 is 27.1 Å². The number of rotatable bonds is 4. The standard InChI is InChI=1S/C18H14F4N2O2S/c1-26-10-9-24-15-13(19)3-2-4-14(15)27-17(24)23-16(25)11-5-7-12(8-6-11)18(20,21)22/h2-8H,9-10H2,1H3. The number of halogens is 4. The summed E-state index contributed by atoms with van der Waals surface area (Å²) in [5.41, 5.74) is -0.532. The van der Waals surface area contributed by atoms with E-state index >= 15 is 0 Å². The fourth-order valence-electron chi connectivity index (χ4n) is 2.52. The molecule has 1 heterocycles. The molecule has 0 bridgehead atoms. The Balaban J connectivity index is 2.04. The molecule has 0 N–H and O–H groups in total. The maximum Gasteiger partial charge on any atom is 0.416 e. The number of aromatic nitrogens is 1. The Bertz CT molecular complexity index is 1040. The average Bonchev–Trinajstić information content (AvgIpc) is 2.97. The van der Waals surface area contributed by atoms with Crippen molar-refractivity contribution in [1.82, 2.24) is 4.57 Å². The molecular formula is C18H14F4N2O2S. The van der Waals surface area contributed by atoms with Crippen LogP contribution < -0.4 is 4.80 Å². The monoisotopic (exact) mass is 398 g/mol. The first-order chi connectivity index (χ1) is 12.8. The molecule has 0 aliphatic carbocycles. The first-order valence-corrected chi connectivity index (χ1v) is 8.66. The number of hydrogen-bond acceptors (Lipinski definition) is 3. The fourth-order valence-corrected chi connectivity index (χ4v) is 3.58. The van der Waals surface area contributed by atoms with Gasteiger partial charge in [-0.05, 0) is 36.4 Å². The van der Waals surface area contributed by atoms with Gasteiger partial charge in [0.1, 0.15) is 5.82 Å². The molecule has 1 amide bonds. The average molecular weight is 398 g/mol. The minimum atomic E-state index is -4.48. The Hall–Kier alpha value is -2.52. The summed E-state index contributed by atoms with van der Waals surface area (Å²) in [6.07, 6.45) is -4.48. The number of ether oxygens (including phenoxy) is 1. The molecule has 0 atom stereocenters.